The average Bonchev–Trinajstić information content (AvgIpc) is 2.68. The molecule has 94 valence electrons. The normalized spacial score (nSPS) is 20.8. The van der Waals surface area contributed by atoms with Gasteiger partial charge in [-0.3, -0.25) is 0 Å². The van der Waals surface area contributed by atoms with Gasteiger partial charge < -0.3 is 9.84 Å². The molecule has 1 aromatic carbocycles. The minimum absolute atomic E-state index is 0.0604. The average molecular weight is 234 g/mol. The van der Waals surface area contributed by atoms with Crippen LogP contribution in [0.5, 0.6) is 5.75 Å². The van der Waals surface area contributed by atoms with Crippen LogP contribution in [0.25, 0.3) is 0 Å². The molecule has 2 unspecified atom stereocenters. The molecule has 0 bridgehead atoms. The van der Waals surface area contributed by atoms with Crippen LogP contribution in [0.2, 0.25) is 0 Å². The third kappa shape index (κ3) is 3.22. The van der Waals surface area contributed by atoms with Gasteiger partial charge in [-0.05, 0) is 29.9 Å². The highest BCUT2D eigenvalue weighted by Gasteiger charge is 2.29. The van der Waals surface area contributed by atoms with Crippen molar-refractivity contribution in [3.8, 4) is 5.75 Å². The van der Waals surface area contributed by atoms with E-state index in [1.165, 1.54) is 5.56 Å². The molecule has 0 fully saturated rings. The fourth-order valence-electron chi connectivity index (χ4n) is 2.19. The molecule has 0 aromatic heterocycles. The van der Waals surface area contributed by atoms with Gasteiger partial charge in [-0.1, -0.05) is 39.0 Å². The fraction of sp³-hybridized carbons (Fsp3) is 0.600. The summed E-state index contributed by atoms with van der Waals surface area (Å²) >= 11 is 0. The lowest BCUT2D eigenvalue weighted by molar-refractivity contribution is 0.0364. The number of rotatable bonds is 3. The number of hydrogen-bond acceptors (Lipinski definition) is 2. The summed E-state index contributed by atoms with van der Waals surface area (Å²) in [6.07, 6.45) is 2.24. The fourth-order valence-corrected chi connectivity index (χ4v) is 2.19. The molecule has 17 heavy (non-hydrogen) atoms. The lowest BCUT2D eigenvalue weighted by Crippen LogP contribution is -2.31. The van der Waals surface area contributed by atoms with E-state index < -0.39 is 0 Å². The van der Waals surface area contributed by atoms with Gasteiger partial charge in [0.2, 0.25) is 0 Å². The molecule has 0 radical (unpaired) electrons. The van der Waals surface area contributed by atoms with Crippen LogP contribution in [0.1, 0.15) is 39.2 Å². The predicted molar refractivity (Wildman–Crippen MR) is 69.3 cm³/mol. The van der Waals surface area contributed by atoms with Crippen molar-refractivity contribution in [1.82, 2.24) is 0 Å². The van der Waals surface area contributed by atoms with Crippen molar-refractivity contribution >= 4 is 0 Å². The molecular formula is C15H22O2. The second-order valence-corrected chi connectivity index (χ2v) is 6.13. The quantitative estimate of drug-likeness (QED) is 0.870. The van der Waals surface area contributed by atoms with Gasteiger partial charge in [-0.2, -0.15) is 0 Å². The second-order valence-electron chi connectivity index (χ2n) is 6.13. The lowest BCUT2D eigenvalue weighted by Gasteiger charge is -2.23. The maximum absolute atomic E-state index is 10.2. The third-order valence-corrected chi connectivity index (χ3v) is 3.29. The maximum Gasteiger partial charge on any atom is 0.129 e. The van der Waals surface area contributed by atoms with E-state index in [0.29, 0.717) is 0 Å². The van der Waals surface area contributed by atoms with Gasteiger partial charge in [0, 0.05) is 6.42 Å². The van der Waals surface area contributed by atoms with Gasteiger partial charge >= 0.3 is 0 Å². The SMILES string of the molecule is CC(C)(C)CCC(O)C1Cc2ccccc2O1. The minimum atomic E-state index is -0.360. The molecule has 1 heterocycles. The number of benzene rings is 1. The van der Waals surface area contributed by atoms with Crippen molar-refractivity contribution in [2.24, 2.45) is 5.41 Å². The Labute approximate surface area is 104 Å². The Morgan fingerprint density at radius 3 is 2.71 bits per heavy atom. The van der Waals surface area contributed by atoms with E-state index in [1.54, 1.807) is 0 Å². The predicted octanol–water partition coefficient (Wildman–Crippen LogP) is 3.18. The van der Waals surface area contributed by atoms with Gasteiger partial charge in [-0.25, -0.2) is 0 Å². The first-order valence-corrected chi connectivity index (χ1v) is 6.38. The Bertz CT molecular complexity index is 354. The second kappa shape index (κ2) is 4.69. The maximum atomic E-state index is 10.2. The number of ether oxygens (including phenoxy) is 1. The molecule has 2 heteroatoms. The molecule has 0 saturated carbocycles. The highest BCUT2D eigenvalue weighted by molar-refractivity contribution is 5.37. The number of hydrogen-bond donors (Lipinski definition) is 1. The van der Waals surface area contributed by atoms with Crippen molar-refractivity contribution < 1.29 is 9.84 Å². The Hall–Kier alpha value is -1.02. The van der Waals surface area contributed by atoms with E-state index in [1.807, 2.05) is 18.2 Å². The largest absolute Gasteiger partial charge is 0.487 e. The van der Waals surface area contributed by atoms with Crippen LogP contribution in [-0.4, -0.2) is 17.3 Å². The Morgan fingerprint density at radius 2 is 2.06 bits per heavy atom. The Balaban J connectivity index is 1.90. The van der Waals surface area contributed by atoms with Crippen LogP contribution in [0.3, 0.4) is 0 Å². The molecule has 0 aliphatic carbocycles. The summed E-state index contributed by atoms with van der Waals surface area (Å²) in [6.45, 7) is 6.60. The Kier molecular flexibility index (Phi) is 3.43. The third-order valence-electron chi connectivity index (χ3n) is 3.29. The molecule has 2 nitrogen and oxygen atoms in total. The zero-order chi connectivity index (χ0) is 12.5. The smallest absolute Gasteiger partial charge is 0.129 e. The molecule has 1 aliphatic rings. The number of fused-ring (bicyclic) bond motifs is 1. The van der Waals surface area contributed by atoms with Crippen LogP contribution in [0.15, 0.2) is 24.3 Å². The number of para-hydroxylation sites is 1. The topological polar surface area (TPSA) is 29.5 Å². The highest BCUT2D eigenvalue weighted by atomic mass is 16.5. The van der Waals surface area contributed by atoms with Crippen molar-refractivity contribution in [2.45, 2.75) is 52.2 Å². The first-order valence-electron chi connectivity index (χ1n) is 6.38. The molecule has 2 atom stereocenters. The standard InChI is InChI=1S/C15H22O2/c1-15(2,3)9-8-12(16)14-10-11-6-4-5-7-13(11)17-14/h4-7,12,14,16H,8-10H2,1-3H3. The van der Waals surface area contributed by atoms with Crippen molar-refractivity contribution in [1.29, 1.82) is 0 Å². The lowest BCUT2D eigenvalue weighted by atomic mass is 9.88. The van der Waals surface area contributed by atoms with Crippen LogP contribution >= 0.6 is 0 Å². The van der Waals surface area contributed by atoms with Crippen molar-refractivity contribution in [3.05, 3.63) is 29.8 Å². The molecule has 0 spiro atoms. The van der Waals surface area contributed by atoms with Crippen LogP contribution in [0, 0.1) is 5.41 Å². The van der Waals surface area contributed by atoms with E-state index in [4.69, 9.17) is 4.74 Å². The van der Waals surface area contributed by atoms with E-state index in [-0.39, 0.29) is 17.6 Å². The van der Waals surface area contributed by atoms with Gasteiger partial charge in [0.1, 0.15) is 11.9 Å². The van der Waals surface area contributed by atoms with Gasteiger partial charge in [0.05, 0.1) is 6.10 Å². The van der Waals surface area contributed by atoms with E-state index in [9.17, 15) is 5.11 Å². The highest BCUT2D eigenvalue weighted by Crippen LogP contribution is 2.31. The zero-order valence-corrected chi connectivity index (χ0v) is 10.9. The van der Waals surface area contributed by atoms with Gasteiger partial charge in [-0.15, -0.1) is 0 Å². The van der Waals surface area contributed by atoms with E-state index in [2.05, 4.69) is 26.8 Å². The van der Waals surface area contributed by atoms with E-state index >= 15 is 0 Å². The molecular weight excluding hydrogens is 212 g/mol. The van der Waals surface area contributed by atoms with Crippen LogP contribution in [-0.2, 0) is 6.42 Å². The van der Waals surface area contributed by atoms with Gasteiger partial charge in [0.15, 0.2) is 0 Å². The number of aliphatic hydroxyl groups excluding tert-OH is 1. The van der Waals surface area contributed by atoms with Crippen molar-refractivity contribution in [2.75, 3.05) is 0 Å². The first-order chi connectivity index (χ1) is 7.96. The summed E-state index contributed by atoms with van der Waals surface area (Å²) in [5, 5.41) is 10.2. The monoisotopic (exact) mass is 234 g/mol. The van der Waals surface area contributed by atoms with Crippen molar-refractivity contribution in [3.63, 3.8) is 0 Å². The molecule has 1 aromatic rings. The number of aliphatic hydroxyl groups is 1. The summed E-state index contributed by atoms with van der Waals surface area (Å²) in [6, 6.07) is 8.05. The first kappa shape index (κ1) is 12.4. The van der Waals surface area contributed by atoms with Gasteiger partial charge in [0.25, 0.3) is 0 Å². The minimum Gasteiger partial charge on any atom is -0.487 e. The van der Waals surface area contributed by atoms with E-state index in [0.717, 1.165) is 25.0 Å². The molecule has 1 aliphatic heterocycles. The molecule has 0 saturated heterocycles. The van der Waals surface area contributed by atoms with Crippen LogP contribution in [0.4, 0.5) is 0 Å². The summed E-state index contributed by atoms with van der Waals surface area (Å²) < 4.78 is 5.78. The van der Waals surface area contributed by atoms with Crippen LogP contribution < -0.4 is 4.74 Å². The molecule has 0 amide bonds. The summed E-state index contributed by atoms with van der Waals surface area (Å²) in [4.78, 5) is 0. The molecule has 1 N–H and O–H groups in total. The summed E-state index contributed by atoms with van der Waals surface area (Å²) in [5.74, 6) is 0.937. The summed E-state index contributed by atoms with van der Waals surface area (Å²) in [5.41, 5.74) is 1.49. The summed E-state index contributed by atoms with van der Waals surface area (Å²) in [7, 11) is 0. The molecule has 2 rings (SSSR count). The zero-order valence-electron chi connectivity index (χ0n) is 10.9. The Morgan fingerprint density at radius 1 is 1.35 bits per heavy atom.